The fraction of sp³-hybridized carbons (Fsp3) is 0.609. The number of hydrogen-bond acceptors (Lipinski definition) is 4. The van der Waals surface area contributed by atoms with E-state index in [2.05, 4.69) is 15.6 Å². The van der Waals surface area contributed by atoms with E-state index in [0.29, 0.717) is 23.8 Å². The van der Waals surface area contributed by atoms with E-state index >= 15 is 0 Å². The van der Waals surface area contributed by atoms with Crippen LogP contribution in [0.25, 0.3) is 0 Å². The topological polar surface area (TPSA) is 83.0 Å². The fourth-order valence-corrected chi connectivity index (χ4v) is 4.03. The van der Waals surface area contributed by atoms with Crippen LogP contribution < -0.4 is 10.6 Å². The molecular formula is C23H35IN4O3. The number of amides is 2. The molecule has 0 saturated heterocycles. The van der Waals surface area contributed by atoms with Crippen LogP contribution in [0.15, 0.2) is 29.3 Å². The number of nitrogens with one attached hydrogen (secondary N) is 2. The Hall–Kier alpha value is -1.68. The molecule has 0 aromatic heterocycles. The number of aliphatic imine (C=N–C) groups is 1. The van der Waals surface area contributed by atoms with Gasteiger partial charge in [-0.3, -0.25) is 19.5 Å². The van der Waals surface area contributed by atoms with Gasteiger partial charge in [0.05, 0.1) is 17.2 Å². The number of carbonyl (C=O) groups is 2. The third kappa shape index (κ3) is 7.45. The number of benzene rings is 1. The first-order valence-corrected chi connectivity index (χ1v) is 11.2. The Kier molecular flexibility index (Phi) is 11.3. The highest BCUT2D eigenvalue weighted by atomic mass is 127. The van der Waals surface area contributed by atoms with E-state index in [4.69, 9.17) is 4.74 Å². The Morgan fingerprint density at radius 1 is 1.00 bits per heavy atom. The molecule has 2 amide bonds. The molecular weight excluding hydrogens is 507 g/mol. The molecule has 1 aromatic carbocycles. The first kappa shape index (κ1) is 25.6. The summed E-state index contributed by atoms with van der Waals surface area (Å²) in [5, 5.41) is 6.59. The highest BCUT2D eigenvalue weighted by molar-refractivity contribution is 14.0. The maximum atomic E-state index is 12.3. The molecule has 1 fully saturated rings. The zero-order valence-corrected chi connectivity index (χ0v) is 20.7. The number of carbonyl (C=O) groups excluding carboxylic acids is 2. The quantitative estimate of drug-likeness (QED) is 0.155. The Bertz CT molecular complexity index is 715. The summed E-state index contributed by atoms with van der Waals surface area (Å²) in [4.78, 5) is 30.3. The summed E-state index contributed by atoms with van der Waals surface area (Å²) in [6.07, 6.45) is 9.37. The van der Waals surface area contributed by atoms with Crippen molar-refractivity contribution in [1.82, 2.24) is 15.5 Å². The van der Waals surface area contributed by atoms with E-state index in [1.165, 1.54) is 37.0 Å². The molecule has 0 bridgehead atoms. The summed E-state index contributed by atoms with van der Waals surface area (Å²) >= 11 is 0. The number of ether oxygens (including phenoxy) is 1. The normalized spacial score (nSPS) is 16.8. The molecule has 8 heteroatoms. The molecule has 31 heavy (non-hydrogen) atoms. The van der Waals surface area contributed by atoms with Crippen molar-refractivity contribution < 1.29 is 14.3 Å². The van der Waals surface area contributed by atoms with Gasteiger partial charge in [-0.15, -0.1) is 24.0 Å². The van der Waals surface area contributed by atoms with E-state index in [1.807, 2.05) is 0 Å². The number of fused-ring (bicyclic) bond motifs is 1. The molecule has 2 aliphatic rings. The highest BCUT2D eigenvalue weighted by Gasteiger charge is 2.34. The van der Waals surface area contributed by atoms with Gasteiger partial charge in [0.15, 0.2) is 5.96 Å². The molecule has 1 aliphatic carbocycles. The van der Waals surface area contributed by atoms with Crippen LogP contribution in [0, 0.1) is 0 Å². The number of unbranched alkanes of at least 4 members (excludes halogenated alkanes) is 1. The number of rotatable bonds is 10. The van der Waals surface area contributed by atoms with Gasteiger partial charge in [0.1, 0.15) is 0 Å². The summed E-state index contributed by atoms with van der Waals surface area (Å²) in [6.45, 7) is 2.79. The third-order valence-electron chi connectivity index (χ3n) is 5.72. The number of guanidine groups is 1. The van der Waals surface area contributed by atoms with Crippen molar-refractivity contribution in [3.8, 4) is 0 Å². The van der Waals surface area contributed by atoms with Gasteiger partial charge >= 0.3 is 0 Å². The largest absolute Gasteiger partial charge is 0.378 e. The molecule has 0 unspecified atom stereocenters. The monoisotopic (exact) mass is 542 g/mol. The van der Waals surface area contributed by atoms with Crippen molar-refractivity contribution in [2.75, 3.05) is 33.3 Å². The smallest absolute Gasteiger partial charge is 0.261 e. The van der Waals surface area contributed by atoms with Crippen LogP contribution in [-0.2, 0) is 4.74 Å². The van der Waals surface area contributed by atoms with Crippen molar-refractivity contribution in [2.45, 2.75) is 57.5 Å². The van der Waals surface area contributed by atoms with Crippen LogP contribution in [0.1, 0.15) is 72.1 Å². The van der Waals surface area contributed by atoms with Gasteiger partial charge in [-0.1, -0.05) is 31.4 Å². The molecule has 3 rings (SSSR count). The van der Waals surface area contributed by atoms with Crippen molar-refractivity contribution in [3.05, 3.63) is 35.4 Å². The van der Waals surface area contributed by atoms with Gasteiger partial charge in [-0.2, -0.15) is 0 Å². The summed E-state index contributed by atoms with van der Waals surface area (Å²) < 4.78 is 5.94. The predicted molar refractivity (Wildman–Crippen MR) is 133 cm³/mol. The average molecular weight is 542 g/mol. The van der Waals surface area contributed by atoms with Crippen LogP contribution in [0.4, 0.5) is 0 Å². The van der Waals surface area contributed by atoms with E-state index in [-0.39, 0.29) is 35.8 Å². The van der Waals surface area contributed by atoms with E-state index < -0.39 is 0 Å². The van der Waals surface area contributed by atoms with Gasteiger partial charge in [-0.05, 0) is 44.2 Å². The lowest BCUT2D eigenvalue weighted by Crippen LogP contribution is -2.39. The minimum atomic E-state index is -0.184. The Morgan fingerprint density at radius 3 is 2.23 bits per heavy atom. The molecule has 1 aromatic rings. The van der Waals surface area contributed by atoms with Crippen molar-refractivity contribution in [3.63, 3.8) is 0 Å². The van der Waals surface area contributed by atoms with Gasteiger partial charge < -0.3 is 15.4 Å². The minimum Gasteiger partial charge on any atom is -0.378 e. The second-order valence-corrected chi connectivity index (χ2v) is 7.92. The molecule has 172 valence electrons. The Morgan fingerprint density at radius 2 is 1.61 bits per heavy atom. The van der Waals surface area contributed by atoms with Crippen molar-refractivity contribution >= 4 is 41.8 Å². The predicted octanol–water partition coefficient (Wildman–Crippen LogP) is 3.59. The maximum absolute atomic E-state index is 12.3. The molecule has 2 N–H and O–H groups in total. The van der Waals surface area contributed by atoms with Gasteiger partial charge in [-0.25, -0.2) is 0 Å². The Balaban J connectivity index is 0.00000341. The molecule has 1 heterocycles. The summed E-state index contributed by atoms with van der Waals surface area (Å²) in [6, 6.07) is 7.01. The number of nitrogens with zero attached hydrogens (tertiary/aromatic N) is 2. The lowest BCUT2D eigenvalue weighted by atomic mass is 9.98. The minimum absolute atomic E-state index is 0. The summed E-state index contributed by atoms with van der Waals surface area (Å²) in [7, 11) is 1.76. The number of hydrogen-bond donors (Lipinski definition) is 2. The fourth-order valence-electron chi connectivity index (χ4n) is 4.03. The standard InChI is InChI=1S/C23H34N4O3.HI/c1-24-23(26-15-9-17-30-18-10-3-2-4-11-18)25-14-7-8-16-27-21(28)19-12-5-6-13-20(19)22(27)29;/h5-6,12-13,18H,2-4,7-11,14-17H2,1H3,(H2,24,25,26);1H. The van der Waals surface area contributed by atoms with Crippen LogP contribution >= 0.6 is 24.0 Å². The van der Waals surface area contributed by atoms with Crippen molar-refractivity contribution in [2.24, 2.45) is 4.99 Å². The van der Waals surface area contributed by atoms with Crippen LogP contribution in [0.2, 0.25) is 0 Å². The van der Waals surface area contributed by atoms with Gasteiger partial charge in [0.25, 0.3) is 11.8 Å². The Labute approximate surface area is 202 Å². The zero-order chi connectivity index (χ0) is 21.2. The van der Waals surface area contributed by atoms with Gasteiger partial charge in [0, 0.05) is 33.3 Å². The third-order valence-corrected chi connectivity index (χ3v) is 5.72. The molecule has 0 atom stereocenters. The van der Waals surface area contributed by atoms with E-state index in [9.17, 15) is 9.59 Å². The molecule has 1 aliphatic heterocycles. The van der Waals surface area contributed by atoms with Crippen LogP contribution in [0.5, 0.6) is 0 Å². The second kappa shape index (κ2) is 13.7. The number of imide groups is 1. The molecule has 7 nitrogen and oxygen atoms in total. The second-order valence-electron chi connectivity index (χ2n) is 7.92. The summed E-state index contributed by atoms with van der Waals surface area (Å²) in [5.41, 5.74) is 1.02. The summed E-state index contributed by atoms with van der Waals surface area (Å²) in [5.74, 6) is 0.404. The van der Waals surface area contributed by atoms with Crippen LogP contribution in [-0.4, -0.2) is 62.1 Å². The van der Waals surface area contributed by atoms with Gasteiger partial charge in [0.2, 0.25) is 0 Å². The molecule has 0 radical (unpaired) electrons. The number of halogens is 1. The first-order valence-electron chi connectivity index (χ1n) is 11.2. The first-order chi connectivity index (χ1) is 14.7. The SMILES string of the molecule is CN=C(NCCCCN1C(=O)c2ccccc2C1=O)NCCCOC1CCCCC1.I. The molecule has 0 spiro atoms. The van der Waals surface area contributed by atoms with Crippen molar-refractivity contribution in [1.29, 1.82) is 0 Å². The van der Waals surface area contributed by atoms with E-state index in [1.54, 1.807) is 31.3 Å². The molecule has 1 saturated carbocycles. The average Bonchev–Trinajstić information content (AvgIpc) is 3.03. The van der Waals surface area contributed by atoms with E-state index in [0.717, 1.165) is 44.9 Å². The lowest BCUT2D eigenvalue weighted by molar-refractivity contribution is 0.0277. The zero-order valence-electron chi connectivity index (χ0n) is 18.4. The highest BCUT2D eigenvalue weighted by Crippen LogP contribution is 2.22. The lowest BCUT2D eigenvalue weighted by Gasteiger charge is -2.22. The van der Waals surface area contributed by atoms with Crippen LogP contribution in [0.3, 0.4) is 0 Å². The maximum Gasteiger partial charge on any atom is 0.261 e.